The smallest absolute Gasteiger partial charge is 0.141 e. The highest BCUT2D eigenvalue weighted by Crippen LogP contribution is 2.28. The molecule has 2 heterocycles. The van der Waals surface area contributed by atoms with E-state index in [2.05, 4.69) is 52.3 Å². The van der Waals surface area contributed by atoms with Gasteiger partial charge in [-0.1, -0.05) is 12.1 Å². The summed E-state index contributed by atoms with van der Waals surface area (Å²) in [6.07, 6.45) is 3.50. The van der Waals surface area contributed by atoms with Crippen molar-refractivity contribution in [2.24, 2.45) is 0 Å². The molecular weight excluding hydrogens is 248 g/mol. The normalized spacial score (nSPS) is 12.8. The Morgan fingerprint density at radius 2 is 2.05 bits per heavy atom. The first-order valence-corrected chi connectivity index (χ1v) is 6.77. The first kappa shape index (κ1) is 12.8. The van der Waals surface area contributed by atoms with E-state index in [1.807, 2.05) is 19.3 Å². The Morgan fingerprint density at radius 1 is 1.20 bits per heavy atom. The van der Waals surface area contributed by atoms with E-state index in [1.54, 1.807) is 6.33 Å². The van der Waals surface area contributed by atoms with Crippen molar-refractivity contribution in [3.63, 3.8) is 0 Å². The Kier molecular flexibility index (Phi) is 3.24. The molecule has 102 valence electrons. The fourth-order valence-electron chi connectivity index (χ4n) is 2.57. The lowest BCUT2D eigenvalue weighted by atomic mass is 9.98. The molecule has 0 bridgehead atoms. The first-order valence-electron chi connectivity index (χ1n) is 6.77. The zero-order valence-electron chi connectivity index (χ0n) is 11.9. The summed E-state index contributed by atoms with van der Waals surface area (Å²) in [6.45, 7) is 4.30. The number of nitrogens with one attached hydrogen (secondary N) is 2. The van der Waals surface area contributed by atoms with Crippen molar-refractivity contribution in [2.75, 3.05) is 7.05 Å². The maximum Gasteiger partial charge on any atom is 0.141 e. The van der Waals surface area contributed by atoms with Crippen LogP contribution < -0.4 is 5.32 Å². The second-order valence-corrected chi connectivity index (χ2v) is 5.04. The number of rotatable bonds is 3. The van der Waals surface area contributed by atoms with Crippen LogP contribution in [0.15, 0.2) is 36.8 Å². The molecule has 0 fully saturated rings. The minimum absolute atomic E-state index is 0.349. The number of hydrogen-bond donors (Lipinski definition) is 2. The molecule has 0 spiro atoms. The third kappa shape index (κ3) is 2.08. The van der Waals surface area contributed by atoms with E-state index in [1.165, 1.54) is 11.1 Å². The van der Waals surface area contributed by atoms with Crippen LogP contribution >= 0.6 is 0 Å². The third-order valence-corrected chi connectivity index (χ3v) is 3.80. The van der Waals surface area contributed by atoms with E-state index in [4.69, 9.17) is 0 Å². The molecule has 4 heteroatoms. The van der Waals surface area contributed by atoms with E-state index in [0.717, 1.165) is 22.3 Å². The van der Waals surface area contributed by atoms with Gasteiger partial charge in [0, 0.05) is 23.2 Å². The van der Waals surface area contributed by atoms with Crippen molar-refractivity contribution >= 4 is 11.0 Å². The number of aryl methyl sites for hydroxylation is 1. The van der Waals surface area contributed by atoms with Gasteiger partial charge in [0.1, 0.15) is 12.0 Å². The van der Waals surface area contributed by atoms with Gasteiger partial charge in [-0.15, -0.1) is 0 Å². The van der Waals surface area contributed by atoms with Gasteiger partial charge < -0.3 is 10.3 Å². The Labute approximate surface area is 118 Å². The Hall–Kier alpha value is -2.20. The van der Waals surface area contributed by atoms with E-state index >= 15 is 0 Å². The minimum atomic E-state index is 0.349. The third-order valence-electron chi connectivity index (χ3n) is 3.80. The minimum Gasteiger partial charge on any atom is -0.346 e. The lowest BCUT2D eigenvalue weighted by Gasteiger charge is -2.15. The molecule has 20 heavy (non-hydrogen) atoms. The maximum absolute atomic E-state index is 4.44. The summed E-state index contributed by atoms with van der Waals surface area (Å²) in [5, 5.41) is 4.33. The quantitative estimate of drug-likeness (QED) is 0.765. The fourth-order valence-corrected chi connectivity index (χ4v) is 2.57. The van der Waals surface area contributed by atoms with E-state index in [9.17, 15) is 0 Å². The molecule has 3 aromatic rings. The number of benzene rings is 1. The van der Waals surface area contributed by atoms with Crippen LogP contribution in [0.25, 0.3) is 22.3 Å². The Morgan fingerprint density at radius 3 is 2.80 bits per heavy atom. The monoisotopic (exact) mass is 266 g/mol. The SMILES string of the molecule is CNC(C)c1ccc(-c2ncnc3[nH]ccc23)cc1C. The molecule has 0 radical (unpaired) electrons. The predicted molar refractivity (Wildman–Crippen MR) is 81.5 cm³/mol. The molecule has 0 saturated heterocycles. The highest BCUT2D eigenvalue weighted by molar-refractivity contribution is 5.90. The van der Waals surface area contributed by atoms with Crippen LogP contribution in [0.2, 0.25) is 0 Å². The number of hydrogen-bond acceptors (Lipinski definition) is 3. The standard InChI is InChI=1S/C16H18N4/c1-10-8-12(4-5-13(10)11(2)17-3)15-14-6-7-18-16(14)20-9-19-15/h4-9,11,17H,1-3H3,(H,18,19,20). The zero-order valence-corrected chi connectivity index (χ0v) is 11.9. The van der Waals surface area contributed by atoms with Crippen LogP contribution in [0.1, 0.15) is 24.1 Å². The zero-order chi connectivity index (χ0) is 14.1. The number of fused-ring (bicyclic) bond motifs is 1. The molecule has 3 rings (SSSR count). The van der Waals surface area contributed by atoms with Gasteiger partial charge >= 0.3 is 0 Å². The van der Waals surface area contributed by atoms with Crippen LogP contribution in [0.3, 0.4) is 0 Å². The van der Waals surface area contributed by atoms with Crippen LogP contribution in [0, 0.1) is 6.92 Å². The molecule has 1 unspecified atom stereocenters. The highest BCUT2D eigenvalue weighted by atomic mass is 14.9. The summed E-state index contributed by atoms with van der Waals surface area (Å²) in [7, 11) is 1.98. The van der Waals surface area contributed by atoms with Crippen LogP contribution in [0.5, 0.6) is 0 Å². The average Bonchev–Trinajstić information content (AvgIpc) is 2.94. The summed E-state index contributed by atoms with van der Waals surface area (Å²) in [5.74, 6) is 0. The summed E-state index contributed by atoms with van der Waals surface area (Å²) >= 11 is 0. The van der Waals surface area contributed by atoms with Crippen molar-refractivity contribution in [3.05, 3.63) is 47.9 Å². The van der Waals surface area contributed by atoms with E-state index in [-0.39, 0.29) is 0 Å². The number of nitrogens with zero attached hydrogens (tertiary/aromatic N) is 2. The van der Waals surface area contributed by atoms with Crippen molar-refractivity contribution < 1.29 is 0 Å². The summed E-state index contributed by atoms with van der Waals surface area (Å²) in [5.41, 5.74) is 5.56. The van der Waals surface area contributed by atoms with Crippen molar-refractivity contribution in [1.82, 2.24) is 20.3 Å². The van der Waals surface area contributed by atoms with E-state index in [0.29, 0.717) is 6.04 Å². The Bertz CT molecular complexity index is 745. The molecule has 4 nitrogen and oxygen atoms in total. The molecule has 0 aliphatic rings. The van der Waals surface area contributed by atoms with Crippen molar-refractivity contribution in [3.8, 4) is 11.3 Å². The lowest BCUT2D eigenvalue weighted by molar-refractivity contribution is 0.648. The lowest BCUT2D eigenvalue weighted by Crippen LogP contribution is -2.13. The molecule has 2 N–H and O–H groups in total. The fraction of sp³-hybridized carbons (Fsp3) is 0.250. The largest absolute Gasteiger partial charge is 0.346 e. The number of aromatic amines is 1. The number of H-pyrrole nitrogens is 1. The molecular formula is C16H18N4. The number of aromatic nitrogens is 3. The van der Waals surface area contributed by atoms with Gasteiger partial charge in [0.2, 0.25) is 0 Å². The average molecular weight is 266 g/mol. The van der Waals surface area contributed by atoms with Gasteiger partial charge in [0.05, 0.1) is 5.69 Å². The molecule has 1 aromatic carbocycles. The summed E-state index contributed by atoms with van der Waals surface area (Å²) in [6, 6.07) is 8.86. The highest BCUT2D eigenvalue weighted by Gasteiger charge is 2.10. The van der Waals surface area contributed by atoms with Gasteiger partial charge in [0.25, 0.3) is 0 Å². The molecule has 2 aromatic heterocycles. The van der Waals surface area contributed by atoms with Gasteiger partial charge in [0.15, 0.2) is 0 Å². The Balaban J connectivity index is 2.11. The van der Waals surface area contributed by atoms with Crippen molar-refractivity contribution in [2.45, 2.75) is 19.9 Å². The summed E-state index contributed by atoms with van der Waals surface area (Å²) in [4.78, 5) is 11.8. The second kappa shape index (κ2) is 5.06. The predicted octanol–water partition coefficient (Wildman–Crippen LogP) is 3.21. The van der Waals surface area contributed by atoms with Gasteiger partial charge in [-0.3, -0.25) is 0 Å². The molecule has 0 saturated carbocycles. The topological polar surface area (TPSA) is 53.6 Å². The maximum atomic E-state index is 4.44. The molecule has 1 atom stereocenters. The second-order valence-electron chi connectivity index (χ2n) is 5.04. The van der Waals surface area contributed by atoms with Gasteiger partial charge in [-0.2, -0.15) is 0 Å². The van der Waals surface area contributed by atoms with Crippen LogP contribution in [-0.2, 0) is 0 Å². The van der Waals surface area contributed by atoms with Gasteiger partial charge in [-0.25, -0.2) is 9.97 Å². The summed E-state index contributed by atoms with van der Waals surface area (Å²) < 4.78 is 0. The first-order chi connectivity index (χ1) is 9.70. The van der Waals surface area contributed by atoms with Crippen LogP contribution in [-0.4, -0.2) is 22.0 Å². The molecule has 0 aliphatic carbocycles. The molecule has 0 aliphatic heterocycles. The molecule has 0 amide bonds. The van der Waals surface area contributed by atoms with E-state index < -0.39 is 0 Å². The van der Waals surface area contributed by atoms with Crippen molar-refractivity contribution in [1.29, 1.82) is 0 Å². The van der Waals surface area contributed by atoms with Gasteiger partial charge in [-0.05, 0) is 44.2 Å². The van der Waals surface area contributed by atoms with Crippen LogP contribution in [0.4, 0.5) is 0 Å².